The van der Waals surface area contributed by atoms with E-state index < -0.39 is 34.9 Å². The fourth-order valence-electron chi connectivity index (χ4n) is 3.33. The highest BCUT2D eigenvalue weighted by Crippen LogP contribution is 2.50. The zero-order chi connectivity index (χ0) is 21.2. The summed E-state index contributed by atoms with van der Waals surface area (Å²) >= 11 is 0. The van der Waals surface area contributed by atoms with Crippen LogP contribution in [-0.4, -0.2) is 46.8 Å². The van der Waals surface area contributed by atoms with E-state index in [9.17, 15) is 23.9 Å². The summed E-state index contributed by atoms with van der Waals surface area (Å²) in [4.78, 5) is 42.2. The molecule has 1 aliphatic heterocycles. The van der Waals surface area contributed by atoms with E-state index in [2.05, 4.69) is 4.98 Å². The smallest absolute Gasteiger partial charge is 0.355 e. The van der Waals surface area contributed by atoms with Gasteiger partial charge in [-0.15, -0.1) is 0 Å². The third kappa shape index (κ3) is 2.94. The second kappa shape index (κ2) is 7.59. The molecule has 9 heteroatoms. The molecule has 8 nitrogen and oxygen atoms in total. The summed E-state index contributed by atoms with van der Waals surface area (Å²) in [6, 6.07) is 5.80. The van der Waals surface area contributed by atoms with Crippen LogP contribution in [0.1, 0.15) is 35.3 Å². The molecule has 29 heavy (non-hydrogen) atoms. The molecule has 0 radical (unpaired) electrons. The number of carbonyl (C=O) groups is 3. The number of halogens is 1. The Morgan fingerprint density at radius 3 is 2.28 bits per heavy atom. The number of rotatable bonds is 6. The predicted octanol–water partition coefficient (Wildman–Crippen LogP) is 1.49. The fourth-order valence-corrected chi connectivity index (χ4v) is 3.33. The first-order valence-electron chi connectivity index (χ1n) is 8.83. The van der Waals surface area contributed by atoms with Gasteiger partial charge in [-0.3, -0.25) is 4.98 Å². The number of hydrogen-bond donors (Lipinski definition) is 1. The van der Waals surface area contributed by atoms with Crippen molar-refractivity contribution < 1.29 is 38.1 Å². The van der Waals surface area contributed by atoms with Crippen LogP contribution in [0.4, 0.5) is 4.39 Å². The Labute approximate surface area is 165 Å². The Morgan fingerprint density at radius 2 is 1.72 bits per heavy atom. The summed E-state index contributed by atoms with van der Waals surface area (Å²) in [6.45, 7) is 2.62. The number of nitrogens with zero attached hydrogens (tertiary/aromatic N) is 1. The van der Waals surface area contributed by atoms with Gasteiger partial charge >= 0.3 is 23.5 Å². The third-order valence-corrected chi connectivity index (χ3v) is 4.57. The number of carbonyl (C=O) groups excluding carboxylic acids is 3. The Kier molecular flexibility index (Phi) is 5.34. The SMILES string of the molecule is CCOC(=O)C(O)(C(=O)OCC)C1(c2ccc(F)cc2)OC(=O)c2cnccc21. The second-order valence-corrected chi connectivity index (χ2v) is 6.15. The molecule has 0 bridgehead atoms. The van der Waals surface area contributed by atoms with Crippen LogP contribution < -0.4 is 0 Å². The quantitative estimate of drug-likeness (QED) is 0.439. The van der Waals surface area contributed by atoms with E-state index in [0.717, 1.165) is 12.1 Å². The third-order valence-electron chi connectivity index (χ3n) is 4.57. The minimum atomic E-state index is -3.10. The number of fused-ring (bicyclic) bond motifs is 1. The van der Waals surface area contributed by atoms with Crippen molar-refractivity contribution >= 4 is 17.9 Å². The number of pyridine rings is 1. The lowest BCUT2D eigenvalue weighted by atomic mass is 9.72. The van der Waals surface area contributed by atoms with Gasteiger partial charge in [-0.05, 0) is 32.0 Å². The molecule has 0 spiro atoms. The topological polar surface area (TPSA) is 112 Å². The fraction of sp³-hybridized carbons (Fsp3) is 0.300. The first-order valence-corrected chi connectivity index (χ1v) is 8.83. The summed E-state index contributed by atoms with van der Waals surface area (Å²) in [7, 11) is 0. The van der Waals surface area contributed by atoms with Gasteiger partial charge in [-0.2, -0.15) is 0 Å². The van der Waals surface area contributed by atoms with E-state index in [0.29, 0.717) is 0 Å². The molecule has 1 aromatic carbocycles. The molecule has 1 aliphatic rings. The van der Waals surface area contributed by atoms with Crippen LogP contribution in [0.2, 0.25) is 0 Å². The molecule has 0 saturated heterocycles. The molecule has 1 aromatic heterocycles. The van der Waals surface area contributed by atoms with Crippen molar-refractivity contribution in [3.8, 4) is 0 Å². The molecule has 2 aromatic rings. The van der Waals surface area contributed by atoms with E-state index in [4.69, 9.17) is 14.2 Å². The van der Waals surface area contributed by atoms with Gasteiger partial charge in [0.25, 0.3) is 0 Å². The number of ether oxygens (including phenoxy) is 3. The molecule has 0 amide bonds. The molecule has 0 saturated carbocycles. The molecule has 0 aliphatic carbocycles. The Morgan fingerprint density at radius 1 is 1.14 bits per heavy atom. The van der Waals surface area contributed by atoms with Gasteiger partial charge < -0.3 is 19.3 Å². The minimum absolute atomic E-state index is 0.00675. The average Bonchev–Trinajstić information content (AvgIpc) is 3.02. The normalized spacial score (nSPS) is 18.0. The van der Waals surface area contributed by atoms with Crippen molar-refractivity contribution in [3.05, 3.63) is 65.2 Å². The van der Waals surface area contributed by atoms with Gasteiger partial charge in [-0.1, -0.05) is 12.1 Å². The zero-order valence-corrected chi connectivity index (χ0v) is 15.7. The Balaban J connectivity index is 2.38. The first-order chi connectivity index (χ1) is 13.8. The van der Waals surface area contributed by atoms with Crippen molar-refractivity contribution in [1.29, 1.82) is 0 Å². The summed E-state index contributed by atoms with van der Waals surface area (Å²) in [5.74, 6) is -4.29. The number of aromatic nitrogens is 1. The summed E-state index contributed by atoms with van der Waals surface area (Å²) < 4.78 is 28.9. The Bertz CT molecular complexity index is 942. The highest BCUT2D eigenvalue weighted by atomic mass is 19.1. The van der Waals surface area contributed by atoms with Crippen LogP contribution in [0.15, 0.2) is 42.7 Å². The van der Waals surface area contributed by atoms with Gasteiger partial charge in [0.05, 0.1) is 18.8 Å². The molecule has 152 valence electrons. The van der Waals surface area contributed by atoms with Crippen LogP contribution in [0, 0.1) is 5.82 Å². The van der Waals surface area contributed by atoms with Crippen molar-refractivity contribution in [2.45, 2.75) is 25.0 Å². The molecule has 1 unspecified atom stereocenters. The molecule has 1 N–H and O–H groups in total. The van der Waals surface area contributed by atoms with E-state index in [1.807, 2.05) is 0 Å². The van der Waals surface area contributed by atoms with Gasteiger partial charge in [-0.25, -0.2) is 18.8 Å². The largest absolute Gasteiger partial charge is 0.463 e. The van der Waals surface area contributed by atoms with Crippen molar-refractivity contribution in [1.82, 2.24) is 4.98 Å². The van der Waals surface area contributed by atoms with Crippen molar-refractivity contribution in [3.63, 3.8) is 0 Å². The molecule has 0 fully saturated rings. The van der Waals surface area contributed by atoms with Gasteiger partial charge in [0.15, 0.2) is 0 Å². The van der Waals surface area contributed by atoms with Crippen molar-refractivity contribution in [2.24, 2.45) is 0 Å². The summed E-state index contributed by atoms with van der Waals surface area (Å²) in [6.07, 6.45) is 2.48. The number of aliphatic hydroxyl groups is 1. The van der Waals surface area contributed by atoms with E-state index >= 15 is 0 Å². The van der Waals surface area contributed by atoms with Gasteiger partial charge in [0, 0.05) is 23.5 Å². The minimum Gasteiger partial charge on any atom is -0.463 e. The lowest BCUT2D eigenvalue weighted by Crippen LogP contribution is -2.64. The van der Waals surface area contributed by atoms with Gasteiger partial charge in [0.2, 0.25) is 5.60 Å². The number of esters is 3. The molecule has 2 heterocycles. The Hall–Kier alpha value is -3.33. The van der Waals surface area contributed by atoms with Crippen LogP contribution in [0.5, 0.6) is 0 Å². The number of benzene rings is 1. The molecular formula is C20H18FNO7. The zero-order valence-electron chi connectivity index (χ0n) is 15.7. The van der Waals surface area contributed by atoms with Crippen LogP contribution in [-0.2, 0) is 29.4 Å². The van der Waals surface area contributed by atoms with Crippen LogP contribution >= 0.6 is 0 Å². The number of cyclic esters (lactones) is 1. The highest BCUT2D eigenvalue weighted by Gasteiger charge is 2.71. The van der Waals surface area contributed by atoms with E-state index in [-0.39, 0.29) is 29.9 Å². The first kappa shape index (κ1) is 20.4. The molecule has 1 atom stereocenters. The summed E-state index contributed by atoms with van der Waals surface area (Å²) in [5.41, 5.74) is -5.56. The van der Waals surface area contributed by atoms with E-state index in [1.165, 1.54) is 44.4 Å². The van der Waals surface area contributed by atoms with Gasteiger partial charge in [0.1, 0.15) is 5.82 Å². The maximum atomic E-state index is 13.6. The maximum absolute atomic E-state index is 13.6. The molecular weight excluding hydrogens is 385 g/mol. The maximum Gasteiger partial charge on any atom is 0.355 e. The standard InChI is InChI=1S/C20H18FNO7/c1-3-27-17(24)19(26,18(25)28-4-2)20(12-5-7-13(21)8-6-12)15-9-10-22-11-14(15)16(23)29-20/h5-11,26H,3-4H2,1-2H3. The summed E-state index contributed by atoms with van der Waals surface area (Å²) in [5, 5.41) is 11.5. The lowest BCUT2D eigenvalue weighted by Gasteiger charge is -2.40. The monoisotopic (exact) mass is 403 g/mol. The van der Waals surface area contributed by atoms with E-state index in [1.54, 1.807) is 0 Å². The predicted molar refractivity (Wildman–Crippen MR) is 95.0 cm³/mol. The van der Waals surface area contributed by atoms with Crippen LogP contribution in [0.3, 0.4) is 0 Å². The lowest BCUT2D eigenvalue weighted by molar-refractivity contribution is -0.207. The second-order valence-electron chi connectivity index (χ2n) is 6.15. The van der Waals surface area contributed by atoms with Crippen molar-refractivity contribution in [2.75, 3.05) is 13.2 Å². The number of hydrogen-bond acceptors (Lipinski definition) is 8. The molecule has 3 rings (SSSR count). The van der Waals surface area contributed by atoms with Crippen LogP contribution in [0.25, 0.3) is 0 Å². The average molecular weight is 403 g/mol. The highest BCUT2D eigenvalue weighted by molar-refractivity contribution is 6.08.